The molecule has 0 atom stereocenters. The number of amides is 1. The summed E-state index contributed by atoms with van der Waals surface area (Å²) in [6.45, 7) is 4.19. The molecule has 1 saturated heterocycles. The van der Waals surface area contributed by atoms with Crippen molar-refractivity contribution in [1.29, 1.82) is 0 Å². The maximum atomic E-state index is 12.3. The van der Waals surface area contributed by atoms with Gasteiger partial charge < -0.3 is 19.9 Å². The monoisotopic (exact) mass is 361 g/mol. The molecule has 0 spiro atoms. The van der Waals surface area contributed by atoms with Gasteiger partial charge in [0, 0.05) is 31.4 Å². The first kappa shape index (κ1) is 18.7. The van der Waals surface area contributed by atoms with Crippen molar-refractivity contribution in [2.45, 2.75) is 45.4 Å². The van der Waals surface area contributed by atoms with E-state index in [1.54, 1.807) is 0 Å². The van der Waals surface area contributed by atoms with Crippen molar-refractivity contribution in [3.8, 4) is 5.75 Å². The molecule has 1 aromatic rings. The fraction of sp³-hybridized carbons (Fsp3) is 0.600. The molecule has 2 N–H and O–H groups in total. The molecule has 0 radical (unpaired) electrons. The lowest BCUT2D eigenvalue weighted by Crippen LogP contribution is -2.41. The number of carbonyl (C=O) groups is 2. The molecule has 142 valence electrons. The first-order valence-electron chi connectivity index (χ1n) is 9.33. The lowest BCUT2D eigenvalue weighted by Gasteiger charge is -2.36. The Kier molecular flexibility index (Phi) is 5.81. The fourth-order valence-electron chi connectivity index (χ4n) is 3.54. The van der Waals surface area contributed by atoms with Crippen LogP contribution in [0, 0.1) is 18.3 Å². The number of carbonyl (C=O) groups excluding carboxylic acids is 1. The quantitative estimate of drug-likeness (QED) is 0.778. The topological polar surface area (TPSA) is 84.9 Å². The Hall–Kier alpha value is -2.08. The highest BCUT2D eigenvalue weighted by Crippen LogP contribution is 2.44. The summed E-state index contributed by atoms with van der Waals surface area (Å²) < 4.78 is 11.3. The number of carboxylic acids is 1. The summed E-state index contributed by atoms with van der Waals surface area (Å²) in [4.78, 5) is 23.7. The lowest BCUT2D eigenvalue weighted by atomic mass is 9.66. The van der Waals surface area contributed by atoms with E-state index in [4.69, 9.17) is 9.47 Å². The number of rotatable bonds is 7. The van der Waals surface area contributed by atoms with Crippen LogP contribution in [-0.2, 0) is 14.3 Å². The fourth-order valence-corrected chi connectivity index (χ4v) is 3.54. The second-order valence-corrected chi connectivity index (χ2v) is 7.51. The minimum absolute atomic E-state index is 0.0223. The van der Waals surface area contributed by atoms with Gasteiger partial charge in [-0.05, 0) is 50.2 Å². The molecule has 0 unspecified atom stereocenters. The average Bonchev–Trinajstić information content (AvgIpc) is 2.59. The van der Waals surface area contributed by atoms with Crippen LogP contribution in [0.5, 0.6) is 5.75 Å². The van der Waals surface area contributed by atoms with E-state index in [1.165, 1.54) is 0 Å². The van der Waals surface area contributed by atoms with Crippen LogP contribution in [0.15, 0.2) is 18.2 Å². The van der Waals surface area contributed by atoms with E-state index < -0.39 is 11.4 Å². The van der Waals surface area contributed by atoms with Crippen LogP contribution in [-0.4, -0.2) is 36.8 Å². The molecule has 6 nitrogen and oxygen atoms in total. The zero-order valence-electron chi connectivity index (χ0n) is 15.3. The van der Waals surface area contributed by atoms with Crippen molar-refractivity contribution in [2.24, 2.45) is 11.3 Å². The van der Waals surface area contributed by atoms with Gasteiger partial charge in [0.15, 0.2) is 0 Å². The van der Waals surface area contributed by atoms with Crippen LogP contribution < -0.4 is 10.1 Å². The van der Waals surface area contributed by atoms with Gasteiger partial charge in [-0.2, -0.15) is 0 Å². The molecular weight excluding hydrogens is 334 g/mol. The standard InChI is InChI=1S/C20H27NO5/c1-14-3-4-16(11-17(14)26-13-15-5-9-25-10-6-15)21-18(22)12-20(19(23)24)7-2-8-20/h3-4,11,15H,2,5-10,12-13H2,1H3,(H,21,22)(H,23,24). The van der Waals surface area contributed by atoms with Gasteiger partial charge in [-0.15, -0.1) is 0 Å². The minimum Gasteiger partial charge on any atom is -0.493 e. The van der Waals surface area contributed by atoms with Crippen LogP contribution in [0.25, 0.3) is 0 Å². The van der Waals surface area contributed by atoms with Crippen molar-refractivity contribution in [1.82, 2.24) is 0 Å². The van der Waals surface area contributed by atoms with E-state index >= 15 is 0 Å². The number of aryl methyl sites for hydroxylation is 1. The molecule has 6 heteroatoms. The first-order chi connectivity index (χ1) is 12.5. The van der Waals surface area contributed by atoms with Crippen molar-refractivity contribution < 1.29 is 24.2 Å². The molecule has 1 amide bonds. The minimum atomic E-state index is -0.878. The van der Waals surface area contributed by atoms with Gasteiger partial charge in [-0.1, -0.05) is 12.5 Å². The zero-order chi connectivity index (χ0) is 18.6. The second kappa shape index (κ2) is 8.08. The third kappa shape index (κ3) is 4.36. The molecular formula is C20H27NO5. The highest BCUT2D eigenvalue weighted by Gasteiger charge is 2.45. The molecule has 2 aliphatic rings. The molecule has 0 bridgehead atoms. The predicted octanol–water partition coefficient (Wildman–Crippen LogP) is 3.38. The summed E-state index contributed by atoms with van der Waals surface area (Å²) in [5.74, 6) is 0.121. The zero-order valence-corrected chi connectivity index (χ0v) is 15.3. The van der Waals surface area contributed by atoms with E-state index in [0.717, 1.165) is 43.8 Å². The summed E-state index contributed by atoms with van der Waals surface area (Å²) >= 11 is 0. The average molecular weight is 361 g/mol. The molecule has 1 saturated carbocycles. The molecule has 1 aliphatic carbocycles. The Labute approximate surface area is 153 Å². The van der Waals surface area contributed by atoms with Gasteiger partial charge >= 0.3 is 5.97 Å². The van der Waals surface area contributed by atoms with Crippen molar-refractivity contribution >= 4 is 17.6 Å². The van der Waals surface area contributed by atoms with E-state index in [-0.39, 0.29) is 12.3 Å². The van der Waals surface area contributed by atoms with Crippen LogP contribution in [0.2, 0.25) is 0 Å². The van der Waals surface area contributed by atoms with Gasteiger partial charge in [0.05, 0.1) is 12.0 Å². The van der Waals surface area contributed by atoms with Crippen LogP contribution in [0.1, 0.15) is 44.1 Å². The number of nitrogens with one attached hydrogen (secondary N) is 1. The molecule has 2 fully saturated rings. The highest BCUT2D eigenvalue weighted by atomic mass is 16.5. The third-order valence-electron chi connectivity index (χ3n) is 5.55. The molecule has 0 aromatic heterocycles. The Morgan fingerprint density at radius 3 is 2.65 bits per heavy atom. The Bertz CT molecular complexity index is 662. The largest absolute Gasteiger partial charge is 0.493 e. The molecule has 26 heavy (non-hydrogen) atoms. The molecule has 3 rings (SSSR count). The Morgan fingerprint density at radius 2 is 2.04 bits per heavy atom. The van der Waals surface area contributed by atoms with Gasteiger partial charge in [-0.3, -0.25) is 9.59 Å². The Balaban J connectivity index is 1.58. The number of hydrogen-bond donors (Lipinski definition) is 2. The van der Waals surface area contributed by atoms with E-state index in [0.29, 0.717) is 31.1 Å². The summed E-state index contributed by atoms with van der Waals surface area (Å²) in [6.07, 6.45) is 4.05. The van der Waals surface area contributed by atoms with Gasteiger partial charge in [0.25, 0.3) is 0 Å². The normalized spacial score (nSPS) is 19.4. The SMILES string of the molecule is Cc1ccc(NC(=O)CC2(C(=O)O)CCC2)cc1OCC1CCOCC1. The number of anilines is 1. The number of aliphatic carboxylic acids is 1. The number of hydrogen-bond acceptors (Lipinski definition) is 4. The van der Waals surface area contributed by atoms with Gasteiger partial charge in [-0.25, -0.2) is 0 Å². The van der Waals surface area contributed by atoms with Crippen LogP contribution in [0.3, 0.4) is 0 Å². The van der Waals surface area contributed by atoms with E-state index in [1.807, 2.05) is 25.1 Å². The molecule has 1 heterocycles. The molecule has 1 aliphatic heterocycles. The Morgan fingerprint density at radius 1 is 1.31 bits per heavy atom. The maximum Gasteiger partial charge on any atom is 0.310 e. The second-order valence-electron chi connectivity index (χ2n) is 7.51. The number of benzene rings is 1. The summed E-state index contributed by atoms with van der Waals surface area (Å²) in [6, 6.07) is 5.55. The smallest absolute Gasteiger partial charge is 0.310 e. The first-order valence-corrected chi connectivity index (χ1v) is 9.33. The summed E-state index contributed by atoms with van der Waals surface area (Å²) in [5.41, 5.74) is 0.774. The van der Waals surface area contributed by atoms with E-state index in [2.05, 4.69) is 5.32 Å². The summed E-state index contributed by atoms with van der Waals surface area (Å²) in [7, 11) is 0. The number of ether oxygens (including phenoxy) is 2. The van der Waals surface area contributed by atoms with Crippen molar-refractivity contribution in [3.05, 3.63) is 23.8 Å². The summed E-state index contributed by atoms with van der Waals surface area (Å²) in [5, 5.41) is 12.2. The number of carboxylic acid groups (broad SMARTS) is 1. The van der Waals surface area contributed by atoms with Crippen LogP contribution in [0.4, 0.5) is 5.69 Å². The third-order valence-corrected chi connectivity index (χ3v) is 5.55. The maximum absolute atomic E-state index is 12.3. The predicted molar refractivity (Wildman–Crippen MR) is 97.4 cm³/mol. The van der Waals surface area contributed by atoms with E-state index in [9.17, 15) is 14.7 Å². The van der Waals surface area contributed by atoms with Gasteiger partial charge in [0.1, 0.15) is 5.75 Å². The van der Waals surface area contributed by atoms with Crippen LogP contribution >= 0.6 is 0 Å². The van der Waals surface area contributed by atoms with Crippen molar-refractivity contribution in [2.75, 3.05) is 25.1 Å². The highest BCUT2D eigenvalue weighted by molar-refractivity contribution is 5.94. The molecule has 1 aromatic carbocycles. The van der Waals surface area contributed by atoms with Gasteiger partial charge in [0.2, 0.25) is 5.91 Å². The lowest BCUT2D eigenvalue weighted by molar-refractivity contribution is -0.157. The van der Waals surface area contributed by atoms with Crippen molar-refractivity contribution in [3.63, 3.8) is 0 Å².